The van der Waals surface area contributed by atoms with E-state index in [-0.39, 0.29) is 30.0 Å². The van der Waals surface area contributed by atoms with Crippen LogP contribution in [0.1, 0.15) is 32.1 Å². The third kappa shape index (κ3) is 5.32. The Hall–Kier alpha value is -4.02. The van der Waals surface area contributed by atoms with Crippen LogP contribution in [0.2, 0.25) is 0 Å². The summed E-state index contributed by atoms with van der Waals surface area (Å²) in [5.74, 6) is 1.26. The average Bonchev–Trinajstić information content (AvgIpc) is 3.64. The van der Waals surface area contributed by atoms with E-state index in [1.54, 1.807) is 4.68 Å². The fourth-order valence-electron chi connectivity index (χ4n) is 6.16. The molecule has 3 fully saturated rings. The Bertz CT molecular complexity index is 1650. The molecule has 1 saturated carbocycles. The first-order valence-electron chi connectivity index (χ1n) is 14.9. The van der Waals surface area contributed by atoms with Gasteiger partial charge in [-0.15, -0.1) is 0 Å². The Morgan fingerprint density at radius 1 is 1.00 bits per heavy atom. The van der Waals surface area contributed by atoms with Crippen molar-refractivity contribution in [2.45, 2.75) is 50.4 Å². The maximum absolute atomic E-state index is 13.3. The molecule has 1 atom stereocenters. The second kappa shape index (κ2) is 10.7. The number of likely N-dealkylation sites (tertiary alicyclic amines) is 2. The Balaban J connectivity index is 1.03. The molecule has 4 aromatic rings. The quantitative estimate of drug-likeness (QED) is 0.365. The van der Waals surface area contributed by atoms with Crippen LogP contribution in [0, 0.1) is 5.92 Å². The summed E-state index contributed by atoms with van der Waals surface area (Å²) in [7, 11) is 2.12. The first-order chi connectivity index (χ1) is 20.3. The third-order valence-electron chi connectivity index (χ3n) is 8.90. The highest BCUT2D eigenvalue weighted by molar-refractivity contribution is 5.81. The number of piperidine rings is 1. The van der Waals surface area contributed by atoms with Crippen LogP contribution in [0.25, 0.3) is 27.8 Å². The lowest BCUT2D eigenvalue weighted by molar-refractivity contribution is -0.137. The van der Waals surface area contributed by atoms with Gasteiger partial charge in [-0.3, -0.25) is 14.2 Å². The number of rotatable bonds is 7. The van der Waals surface area contributed by atoms with Crippen molar-refractivity contribution in [3.8, 4) is 22.6 Å². The molecular weight excluding hydrogens is 532 g/mol. The molecule has 1 N–H and O–H groups in total. The fourth-order valence-corrected chi connectivity index (χ4v) is 6.16. The maximum Gasteiger partial charge on any atom is 0.264 e. The first kappa shape index (κ1) is 26.9. The molecule has 1 amide bonds. The van der Waals surface area contributed by atoms with Crippen LogP contribution in [0.5, 0.6) is 5.75 Å². The Morgan fingerprint density at radius 3 is 2.33 bits per heavy atom. The lowest BCUT2D eigenvalue weighted by atomic mass is 9.91. The summed E-state index contributed by atoms with van der Waals surface area (Å²) in [4.78, 5) is 34.4. The minimum atomic E-state index is -1.05. The van der Waals surface area contributed by atoms with Crippen LogP contribution in [-0.2, 0) is 11.3 Å². The van der Waals surface area contributed by atoms with Crippen molar-refractivity contribution in [3.63, 3.8) is 0 Å². The van der Waals surface area contributed by atoms with Crippen LogP contribution >= 0.6 is 0 Å². The van der Waals surface area contributed by atoms with E-state index in [0.29, 0.717) is 37.0 Å². The lowest BCUT2D eigenvalue weighted by Crippen LogP contribution is -2.50. The predicted molar refractivity (Wildman–Crippen MR) is 159 cm³/mol. The van der Waals surface area contributed by atoms with Gasteiger partial charge in [0.15, 0.2) is 5.65 Å². The number of ether oxygens (including phenoxy) is 1. The number of nitrogens with zero attached hydrogens (tertiary/aromatic N) is 6. The van der Waals surface area contributed by atoms with Crippen molar-refractivity contribution in [1.29, 1.82) is 0 Å². The van der Waals surface area contributed by atoms with Crippen LogP contribution in [0.4, 0.5) is 0 Å². The number of amides is 1. The number of carbonyl (C=O) groups excluding carboxylic acids is 1. The van der Waals surface area contributed by atoms with Crippen molar-refractivity contribution in [2.24, 2.45) is 5.92 Å². The van der Waals surface area contributed by atoms with Gasteiger partial charge in [0.05, 0.1) is 24.0 Å². The normalized spacial score (nSPS) is 20.7. The molecular formula is C32H36N6O4. The molecule has 10 nitrogen and oxygen atoms in total. The molecule has 218 valence electrons. The van der Waals surface area contributed by atoms with Crippen LogP contribution in [0.15, 0.2) is 65.8 Å². The summed E-state index contributed by atoms with van der Waals surface area (Å²) in [5.41, 5.74) is 2.14. The molecule has 4 heterocycles. The maximum atomic E-state index is 13.3. The molecule has 0 radical (unpaired) electrons. The Kier molecular flexibility index (Phi) is 6.82. The summed E-state index contributed by atoms with van der Waals surface area (Å²) >= 11 is 0. The van der Waals surface area contributed by atoms with E-state index in [1.807, 2.05) is 41.3 Å². The van der Waals surface area contributed by atoms with Gasteiger partial charge in [0.1, 0.15) is 23.6 Å². The summed E-state index contributed by atoms with van der Waals surface area (Å²) in [6, 6.07) is 16.2. The summed E-state index contributed by atoms with van der Waals surface area (Å²) < 4.78 is 9.25. The first-order valence-corrected chi connectivity index (χ1v) is 14.9. The number of carbonyl (C=O) groups is 1. The van der Waals surface area contributed by atoms with E-state index in [2.05, 4.69) is 34.2 Å². The molecule has 2 saturated heterocycles. The number of likely N-dealkylation sites (N-methyl/N-ethyl adjacent to an activating group) is 1. The molecule has 2 aromatic carbocycles. The van der Waals surface area contributed by atoms with Gasteiger partial charge in [-0.1, -0.05) is 24.3 Å². The highest BCUT2D eigenvalue weighted by Crippen LogP contribution is 2.33. The SMILES string of the molecule is CN1CCC(Oc2ccc(-c3ccc(-n4ncc5c(=O)n(CC6(O)CCN(C(=O)C7CC7)CC6)cnc54)cc3)cc2)C1. The van der Waals surface area contributed by atoms with Gasteiger partial charge < -0.3 is 19.6 Å². The molecule has 1 aliphatic carbocycles. The zero-order valence-corrected chi connectivity index (χ0v) is 23.9. The Morgan fingerprint density at radius 2 is 1.69 bits per heavy atom. The van der Waals surface area contributed by atoms with E-state index in [1.165, 1.54) is 17.1 Å². The van der Waals surface area contributed by atoms with E-state index in [4.69, 9.17) is 4.74 Å². The van der Waals surface area contributed by atoms with Gasteiger partial charge in [-0.05, 0) is 74.5 Å². The monoisotopic (exact) mass is 568 g/mol. The minimum absolute atomic E-state index is 0.141. The summed E-state index contributed by atoms with van der Waals surface area (Å²) in [6.45, 7) is 3.19. The van der Waals surface area contributed by atoms with Gasteiger partial charge in [0.2, 0.25) is 5.91 Å². The van der Waals surface area contributed by atoms with Crippen LogP contribution < -0.4 is 10.3 Å². The fraction of sp³-hybridized carbons (Fsp3) is 0.438. The van der Waals surface area contributed by atoms with Crippen LogP contribution in [-0.4, -0.2) is 85.1 Å². The second-order valence-corrected chi connectivity index (χ2v) is 12.2. The number of aliphatic hydroxyl groups is 1. The molecule has 7 rings (SSSR count). The largest absolute Gasteiger partial charge is 0.489 e. The van der Waals surface area contributed by atoms with Crippen molar-refractivity contribution < 1.29 is 14.6 Å². The molecule has 0 bridgehead atoms. The van der Waals surface area contributed by atoms with E-state index in [0.717, 1.165) is 54.9 Å². The second-order valence-electron chi connectivity index (χ2n) is 12.2. The molecule has 2 aromatic heterocycles. The van der Waals surface area contributed by atoms with Crippen molar-refractivity contribution in [3.05, 3.63) is 71.4 Å². The van der Waals surface area contributed by atoms with Gasteiger partial charge in [-0.25, -0.2) is 9.67 Å². The highest BCUT2D eigenvalue weighted by atomic mass is 16.5. The molecule has 1 unspecified atom stereocenters. The van der Waals surface area contributed by atoms with Gasteiger partial charge >= 0.3 is 0 Å². The van der Waals surface area contributed by atoms with Crippen molar-refractivity contribution >= 4 is 16.9 Å². The topological polar surface area (TPSA) is 106 Å². The third-order valence-corrected chi connectivity index (χ3v) is 8.90. The highest BCUT2D eigenvalue weighted by Gasteiger charge is 2.39. The van der Waals surface area contributed by atoms with E-state index in [9.17, 15) is 14.7 Å². The van der Waals surface area contributed by atoms with E-state index < -0.39 is 5.60 Å². The zero-order valence-electron chi connectivity index (χ0n) is 23.9. The Labute approximate surface area is 244 Å². The van der Waals surface area contributed by atoms with Crippen molar-refractivity contribution in [2.75, 3.05) is 33.2 Å². The number of aromatic nitrogens is 4. The number of hydrogen-bond donors (Lipinski definition) is 1. The molecule has 0 spiro atoms. The minimum Gasteiger partial charge on any atom is -0.489 e. The van der Waals surface area contributed by atoms with Gasteiger partial charge in [0, 0.05) is 32.1 Å². The smallest absolute Gasteiger partial charge is 0.264 e. The average molecular weight is 569 g/mol. The standard InChI is InChI=1S/C32H36N6O4/c1-35-15-12-27(19-35)42-26-10-6-23(7-11-26)22-4-8-25(9-5-22)38-29-28(18-34-38)31(40)37(21-33-29)20-32(41)13-16-36(17-14-32)30(39)24-2-3-24/h4-11,18,21,24,27,41H,2-3,12-17,19-20H2,1H3. The molecule has 42 heavy (non-hydrogen) atoms. The molecule has 10 heteroatoms. The lowest BCUT2D eigenvalue weighted by Gasteiger charge is -2.38. The number of hydrogen-bond acceptors (Lipinski definition) is 7. The van der Waals surface area contributed by atoms with Crippen LogP contribution in [0.3, 0.4) is 0 Å². The summed E-state index contributed by atoms with van der Waals surface area (Å²) in [5, 5.41) is 16.1. The number of benzene rings is 2. The summed E-state index contributed by atoms with van der Waals surface area (Å²) in [6.07, 6.45) is 7.15. The van der Waals surface area contributed by atoms with Crippen molar-refractivity contribution in [1.82, 2.24) is 29.1 Å². The number of fused-ring (bicyclic) bond motifs is 1. The van der Waals surface area contributed by atoms with Gasteiger partial charge in [-0.2, -0.15) is 5.10 Å². The predicted octanol–water partition coefficient (Wildman–Crippen LogP) is 3.10. The van der Waals surface area contributed by atoms with E-state index >= 15 is 0 Å². The molecule has 3 aliphatic rings. The molecule has 2 aliphatic heterocycles. The van der Waals surface area contributed by atoms with Gasteiger partial charge in [0.25, 0.3) is 5.56 Å². The zero-order chi connectivity index (χ0) is 28.8.